The predicted octanol–water partition coefficient (Wildman–Crippen LogP) is 4.63. The molecule has 0 saturated heterocycles. The molecule has 0 aliphatic carbocycles. The Morgan fingerprint density at radius 3 is 1.50 bits per heavy atom. The van der Waals surface area contributed by atoms with Gasteiger partial charge in [-0.15, -0.1) is 0 Å². The molecule has 0 radical (unpaired) electrons. The molecular weight excluding hydrogens is 261 g/mol. The Balaban J connectivity index is 4.06. The predicted molar refractivity (Wildman–Crippen MR) is 49.5 cm³/mol. The van der Waals surface area contributed by atoms with Crippen LogP contribution < -0.4 is 0 Å². The van der Waals surface area contributed by atoms with Crippen LogP contribution >= 0.6 is 69.6 Å². The van der Waals surface area contributed by atoms with Gasteiger partial charge < -0.3 is 0 Å². The number of allylic oxidation sites excluding steroid dienone is 1. The van der Waals surface area contributed by atoms with Crippen molar-refractivity contribution in [3.05, 3.63) is 9.52 Å². The van der Waals surface area contributed by atoms with E-state index in [1.54, 1.807) is 0 Å². The van der Waals surface area contributed by atoms with Crippen LogP contribution in [-0.4, -0.2) is 3.79 Å². The molecule has 0 aromatic heterocycles. The van der Waals surface area contributed by atoms with Gasteiger partial charge in [-0.25, -0.2) is 0 Å². The second kappa shape index (κ2) is 4.49. The normalized spacial score (nSPS) is 11.4. The molecular formula is C4H2Cl6. The van der Waals surface area contributed by atoms with Crippen molar-refractivity contribution < 1.29 is 0 Å². The molecule has 0 aromatic rings. The molecule has 0 saturated carbocycles. The van der Waals surface area contributed by atoms with Crippen LogP contribution in [0.15, 0.2) is 9.52 Å². The first-order chi connectivity index (χ1) is 4.33. The van der Waals surface area contributed by atoms with E-state index in [1.165, 1.54) is 0 Å². The molecule has 6 heteroatoms. The van der Waals surface area contributed by atoms with Gasteiger partial charge in [0, 0.05) is 6.42 Å². The average molecular weight is 263 g/mol. The van der Waals surface area contributed by atoms with Crippen molar-refractivity contribution in [1.29, 1.82) is 0 Å². The van der Waals surface area contributed by atoms with Crippen molar-refractivity contribution in [1.82, 2.24) is 0 Å². The van der Waals surface area contributed by atoms with Crippen LogP contribution in [0, 0.1) is 0 Å². The molecule has 0 nitrogen and oxygen atoms in total. The zero-order valence-corrected chi connectivity index (χ0v) is 9.01. The van der Waals surface area contributed by atoms with Gasteiger partial charge in [0.2, 0.25) is 0 Å². The number of alkyl halides is 3. The van der Waals surface area contributed by atoms with E-state index in [0.29, 0.717) is 0 Å². The summed E-state index contributed by atoms with van der Waals surface area (Å²) in [6, 6.07) is 0. The van der Waals surface area contributed by atoms with Crippen molar-refractivity contribution in [2.45, 2.75) is 10.2 Å². The summed E-state index contributed by atoms with van der Waals surface area (Å²) >= 11 is 32.1. The maximum Gasteiger partial charge on any atom is 0.195 e. The molecule has 0 aliphatic rings. The molecule has 0 bridgehead atoms. The lowest BCUT2D eigenvalue weighted by Crippen LogP contribution is -2.00. The van der Waals surface area contributed by atoms with Gasteiger partial charge in [-0.05, 0) is 0 Å². The fourth-order valence-electron chi connectivity index (χ4n) is 0.243. The molecule has 0 aliphatic heterocycles. The first-order valence-corrected chi connectivity index (χ1v) is 4.36. The van der Waals surface area contributed by atoms with Gasteiger partial charge >= 0.3 is 0 Å². The minimum atomic E-state index is -1.44. The number of hydrogen-bond acceptors (Lipinski definition) is 0. The first-order valence-electron chi connectivity index (χ1n) is 2.09. The molecule has 0 fully saturated rings. The summed E-state index contributed by atoms with van der Waals surface area (Å²) in [5.74, 6) is 0. The van der Waals surface area contributed by atoms with E-state index in [-0.39, 0.29) is 15.9 Å². The zero-order chi connectivity index (χ0) is 8.36. The Kier molecular flexibility index (Phi) is 5.16. The second-order valence-corrected chi connectivity index (χ2v) is 5.38. The highest BCUT2D eigenvalue weighted by Crippen LogP contribution is 2.36. The molecule has 60 valence electrons. The summed E-state index contributed by atoms with van der Waals surface area (Å²) in [6.07, 6.45) is 0.0154. The lowest BCUT2D eigenvalue weighted by atomic mass is 10.5. The molecule has 0 unspecified atom stereocenters. The van der Waals surface area contributed by atoms with Crippen molar-refractivity contribution in [2.24, 2.45) is 0 Å². The Morgan fingerprint density at radius 1 is 1.00 bits per heavy atom. The van der Waals surface area contributed by atoms with Crippen LogP contribution in [-0.2, 0) is 0 Å². The molecule has 0 heterocycles. The summed E-state index contributed by atoms with van der Waals surface area (Å²) in [6.45, 7) is 0. The average Bonchev–Trinajstić information content (AvgIpc) is 1.60. The van der Waals surface area contributed by atoms with Crippen LogP contribution in [0.25, 0.3) is 0 Å². The lowest BCUT2D eigenvalue weighted by molar-refractivity contribution is 1.05. The molecule has 0 amide bonds. The van der Waals surface area contributed by atoms with Crippen LogP contribution in [0.3, 0.4) is 0 Å². The third-order valence-electron chi connectivity index (χ3n) is 0.561. The highest BCUT2D eigenvalue weighted by atomic mass is 35.6. The summed E-state index contributed by atoms with van der Waals surface area (Å²) in [5, 5.41) is 0.142. The standard InChI is InChI=1S/C4H2Cl6/c5-2(3(6)7)1-4(8,9)10/h1H2. The third-order valence-corrected chi connectivity index (χ3v) is 1.93. The van der Waals surface area contributed by atoms with Crippen molar-refractivity contribution in [3.8, 4) is 0 Å². The van der Waals surface area contributed by atoms with Gasteiger partial charge in [-0.3, -0.25) is 0 Å². The fraction of sp³-hybridized carbons (Fsp3) is 0.500. The lowest BCUT2D eigenvalue weighted by Gasteiger charge is -2.08. The summed E-state index contributed by atoms with van der Waals surface area (Å²) in [4.78, 5) is 0. The maximum absolute atomic E-state index is 5.46. The molecule has 0 atom stereocenters. The summed E-state index contributed by atoms with van der Waals surface area (Å²) in [5.41, 5.74) is 0. The maximum atomic E-state index is 5.46. The van der Waals surface area contributed by atoms with Gasteiger partial charge in [-0.2, -0.15) is 0 Å². The third kappa shape index (κ3) is 6.21. The minimum Gasteiger partial charge on any atom is -0.0864 e. The molecule has 10 heavy (non-hydrogen) atoms. The highest BCUT2D eigenvalue weighted by molar-refractivity contribution is 6.68. The number of halogens is 6. The Bertz CT molecular complexity index is 138. The second-order valence-electron chi connectivity index (χ2n) is 1.46. The van der Waals surface area contributed by atoms with Crippen LogP contribution in [0.2, 0.25) is 0 Å². The van der Waals surface area contributed by atoms with Crippen LogP contribution in [0.4, 0.5) is 0 Å². The fourth-order valence-corrected chi connectivity index (χ4v) is 1.18. The van der Waals surface area contributed by atoms with Gasteiger partial charge in [0.1, 0.15) is 4.49 Å². The molecule has 0 rings (SSSR count). The SMILES string of the molecule is ClC(Cl)=C(Cl)CC(Cl)(Cl)Cl. The zero-order valence-electron chi connectivity index (χ0n) is 4.47. The van der Waals surface area contributed by atoms with Gasteiger partial charge in [0.15, 0.2) is 3.79 Å². The Labute approximate surface area is 89.0 Å². The number of rotatable bonds is 1. The highest BCUT2D eigenvalue weighted by Gasteiger charge is 2.21. The summed E-state index contributed by atoms with van der Waals surface area (Å²) in [7, 11) is 0. The molecule has 0 N–H and O–H groups in total. The summed E-state index contributed by atoms with van der Waals surface area (Å²) < 4.78 is -1.51. The minimum absolute atomic E-state index is 0.0154. The monoisotopic (exact) mass is 260 g/mol. The van der Waals surface area contributed by atoms with E-state index >= 15 is 0 Å². The van der Waals surface area contributed by atoms with Crippen molar-refractivity contribution >= 4 is 69.6 Å². The van der Waals surface area contributed by atoms with Gasteiger partial charge in [-0.1, -0.05) is 69.6 Å². The van der Waals surface area contributed by atoms with E-state index in [2.05, 4.69) is 0 Å². The van der Waals surface area contributed by atoms with E-state index in [0.717, 1.165) is 0 Å². The van der Waals surface area contributed by atoms with Crippen molar-refractivity contribution in [2.75, 3.05) is 0 Å². The quantitative estimate of drug-likeness (QED) is 0.605. The molecule has 0 spiro atoms. The van der Waals surface area contributed by atoms with Crippen molar-refractivity contribution in [3.63, 3.8) is 0 Å². The van der Waals surface area contributed by atoms with Gasteiger partial charge in [0.25, 0.3) is 0 Å². The van der Waals surface area contributed by atoms with E-state index in [9.17, 15) is 0 Å². The van der Waals surface area contributed by atoms with Gasteiger partial charge in [0.05, 0.1) is 5.03 Å². The topological polar surface area (TPSA) is 0 Å². The first kappa shape index (κ1) is 11.5. The van der Waals surface area contributed by atoms with E-state index in [1.807, 2.05) is 0 Å². The van der Waals surface area contributed by atoms with Crippen LogP contribution in [0.5, 0.6) is 0 Å². The largest absolute Gasteiger partial charge is 0.195 e. The van der Waals surface area contributed by atoms with E-state index in [4.69, 9.17) is 69.6 Å². The molecule has 0 aromatic carbocycles. The smallest absolute Gasteiger partial charge is 0.0864 e. The van der Waals surface area contributed by atoms with E-state index < -0.39 is 3.79 Å². The number of hydrogen-bond donors (Lipinski definition) is 0. The Morgan fingerprint density at radius 2 is 1.40 bits per heavy atom. The Hall–Kier alpha value is 1.48. The van der Waals surface area contributed by atoms with Crippen LogP contribution in [0.1, 0.15) is 6.42 Å².